The quantitative estimate of drug-likeness (QED) is 0.922. The van der Waals surface area contributed by atoms with Crippen LogP contribution in [0.1, 0.15) is 27.2 Å². The summed E-state index contributed by atoms with van der Waals surface area (Å²) in [5.74, 6) is 0.715. The van der Waals surface area contributed by atoms with Crippen LogP contribution in [0, 0.1) is 0 Å². The van der Waals surface area contributed by atoms with Gasteiger partial charge in [0.25, 0.3) is 0 Å². The van der Waals surface area contributed by atoms with Gasteiger partial charge in [-0.2, -0.15) is 0 Å². The maximum absolute atomic E-state index is 11.4. The van der Waals surface area contributed by atoms with E-state index in [0.717, 1.165) is 0 Å². The van der Waals surface area contributed by atoms with Crippen molar-refractivity contribution in [1.82, 2.24) is 4.90 Å². The molecule has 0 saturated carbocycles. The van der Waals surface area contributed by atoms with Gasteiger partial charge >= 0.3 is 6.09 Å². The molecule has 1 saturated heterocycles. The summed E-state index contributed by atoms with van der Waals surface area (Å²) in [6.45, 7) is 5.81. The SMILES string of the molecule is C[C@@H](C[C@H]1COC(C)(C)N1C(=O)O)Oc1ccc(Cl)cc1. The summed E-state index contributed by atoms with van der Waals surface area (Å²) >= 11 is 5.83. The predicted octanol–water partition coefficient (Wildman–Crippen LogP) is 3.61. The molecule has 6 heteroatoms. The first-order chi connectivity index (χ1) is 9.79. The molecule has 1 amide bonds. The molecule has 0 aromatic heterocycles. The van der Waals surface area contributed by atoms with Crippen molar-refractivity contribution in [3.63, 3.8) is 0 Å². The second kappa shape index (κ2) is 6.12. The van der Waals surface area contributed by atoms with E-state index in [2.05, 4.69) is 0 Å². The third-order valence-electron chi connectivity index (χ3n) is 3.54. The molecule has 21 heavy (non-hydrogen) atoms. The van der Waals surface area contributed by atoms with Gasteiger partial charge in [-0.3, -0.25) is 4.90 Å². The number of hydrogen-bond donors (Lipinski definition) is 1. The summed E-state index contributed by atoms with van der Waals surface area (Å²) < 4.78 is 11.4. The molecule has 1 aromatic rings. The van der Waals surface area contributed by atoms with Crippen molar-refractivity contribution in [2.45, 2.75) is 45.1 Å². The molecule has 1 aliphatic rings. The van der Waals surface area contributed by atoms with Gasteiger partial charge in [-0.25, -0.2) is 4.79 Å². The largest absolute Gasteiger partial charge is 0.491 e. The van der Waals surface area contributed by atoms with Crippen molar-refractivity contribution in [2.24, 2.45) is 0 Å². The first kappa shape index (κ1) is 15.9. The van der Waals surface area contributed by atoms with Crippen LogP contribution in [0.4, 0.5) is 4.79 Å². The molecule has 2 atom stereocenters. The average molecular weight is 314 g/mol. The highest BCUT2D eigenvalue weighted by Gasteiger charge is 2.44. The van der Waals surface area contributed by atoms with E-state index in [9.17, 15) is 9.90 Å². The zero-order chi connectivity index (χ0) is 15.6. The second-order valence-corrected chi connectivity index (χ2v) is 6.12. The first-order valence-corrected chi connectivity index (χ1v) is 7.26. The molecule has 0 radical (unpaired) electrons. The van der Waals surface area contributed by atoms with E-state index in [4.69, 9.17) is 21.1 Å². The molecular formula is C15H20ClNO4. The number of rotatable bonds is 4. The molecule has 1 heterocycles. The molecule has 1 fully saturated rings. The molecule has 1 N–H and O–H groups in total. The minimum Gasteiger partial charge on any atom is -0.491 e. The zero-order valence-electron chi connectivity index (χ0n) is 12.4. The number of nitrogens with zero attached hydrogens (tertiary/aromatic N) is 1. The molecule has 0 aliphatic carbocycles. The third kappa shape index (κ3) is 3.80. The fourth-order valence-corrected chi connectivity index (χ4v) is 2.75. The van der Waals surface area contributed by atoms with Crippen molar-refractivity contribution >= 4 is 17.7 Å². The number of carbonyl (C=O) groups is 1. The van der Waals surface area contributed by atoms with Crippen LogP contribution in [-0.2, 0) is 4.74 Å². The van der Waals surface area contributed by atoms with Crippen LogP contribution in [0.2, 0.25) is 5.02 Å². The summed E-state index contributed by atoms with van der Waals surface area (Å²) in [7, 11) is 0. The highest BCUT2D eigenvalue weighted by molar-refractivity contribution is 6.30. The molecule has 2 rings (SSSR count). The van der Waals surface area contributed by atoms with Crippen LogP contribution in [-0.4, -0.2) is 40.6 Å². The van der Waals surface area contributed by atoms with Crippen molar-refractivity contribution in [3.05, 3.63) is 29.3 Å². The van der Waals surface area contributed by atoms with E-state index in [1.54, 1.807) is 38.1 Å². The predicted molar refractivity (Wildman–Crippen MR) is 79.8 cm³/mol. The van der Waals surface area contributed by atoms with Gasteiger partial charge < -0.3 is 14.6 Å². The Hall–Kier alpha value is -1.46. The molecule has 0 bridgehead atoms. The Morgan fingerprint density at radius 2 is 2.14 bits per heavy atom. The van der Waals surface area contributed by atoms with E-state index >= 15 is 0 Å². The standard InChI is InChI=1S/C15H20ClNO4/c1-10(21-13-6-4-11(16)5-7-13)8-12-9-20-15(2,3)17(12)14(18)19/h4-7,10,12H,8-9H2,1-3H3,(H,18,19)/t10-,12-/m0/s1. The maximum Gasteiger partial charge on any atom is 0.409 e. The Balaban J connectivity index is 1.97. The Morgan fingerprint density at radius 3 is 2.71 bits per heavy atom. The Bertz CT molecular complexity index is 503. The lowest BCUT2D eigenvalue weighted by Crippen LogP contribution is -2.48. The van der Waals surface area contributed by atoms with E-state index in [1.807, 2.05) is 6.92 Å². The molecular weight excluding hydrogens is 294 g/mol. The van der Waals surface area contributed by atoms with Crippen LogP contribution in [0.5, 0.6) is 5.75 Å². The number of hydrogen-bond acceptors (Lipinski definition) is 3. The highest BCUT2D eigenvalue weighted by Crippen LogP contribution is 2.30. The Kier molecular flexibility index (Phi) is 4.64. The summed E-state index contributed by atoms with van der Waals surface area (Å²) in [6, 6.07) is 6.90. The summed E-state index contributed by atoms with van der Waals surface area (Å²) in [6.07, 6.45) is -0.532. The van der Waals surface area contributed by atoms with Crippen LogP contribution < -0.4 is 4.74 Å². The highest BCUT2D eigenvalue weighted by atomic mass is 35.5. The van der Waals surface area contributed by atoms with Gasteiger partial charge in [-0.05, 0) is 45.0 Å². The fourth-order valence-electron chi connectivity index (χ4n) is 2.62. The van der Waals surface area contributed by atoms with Crippen LogP contribution >= 0.6 is 11.6 Å². The lowest BCUT2D eigenvalue weighted by atomic mass is 10.1. The number of benzene rings is 1. The minimum absolute atomic E-state index is 0.129. The third-order valence-corrected chi connectivity index (χ3v) is 3.79. The fraction of sp³-hybridized carbons (Fsp3) is 0.533. The topological polar surface area (TPSA) is 59.0 Å². The van der Waals surface area contributed by atoms with Gasteiger partial charge in [0.15, 0.2) is 0 Å². The van der Waals surface area contributed by atoms with Crippen molar-refractivity contribution < 1.29 is 19.4 Å². The van der Waals surface area contributed by atoms with Crippen molar-refractivity contribution in [3.8, 4) is 5.75 Å². The van der Waals surface area contributed by atoms with Crippen LogP contribution in [0.15, 0.2) is 24.3 Å². The van der Waals surface area contributed by atoms with E-state index in [0.29, 0.717) is 23.8 Å². The van der Waals surface area contributed by atoms with Gasteiger partial charge in [0.2, 0.25) is 0 Å². The molecule has 1 aliphatic heterocycles. The van der Waals surface area contributed by atoms with Gasteiger partial charge in [-0.1, -0.05) is 11.6 Å². The van der Waals surface area contributed by atoms with Gasteiger partial charge in [0.1, 0.15) is 11.5 Å². The van der Waals surface area contributed by atoms with Gasteiger partial charge in [0, 0.05) is 11.4 Å². The smallest absolute Gasteiger partial charge is 0.409 e. The Labute approximate surface area is 129 Å². The van der Waals surface area contributed by atoms with Gasteiger partial charge in [-0.15, -0.1) is 0 Å². The Morgan fingerprint density at radius 1 is 1.52 bits per heavy atom. The summed E-state index contributed by atoms with van der Waals surface area (Å²) in [5.41, 5.74) is -0.795. The molecule has 0 unspecified atom stereocenters. The maximum atomic E-state index is 11.4. The lowest BCUT2D eigenvalue weighted by molar-refractivity contribution is -0.0427. The first-order valence-electron chi connectivity index (χ1n) is 6.88. The van der Waals surface area contributed by atoms with Gasteiger partial charge in [0.05, 0.1) is 18.8 Å². The molecule has 1 aromatic carbocycles. The summed E-state index contributed by atoms with van der Waals surface area (Å²) in [4.78, 5) is 12.8. The van der Waals surface area contributed by atoms with Crippen LogP contribution in [0.25, 0.3) is 0 Å². The molecule has 0 spiro atoms. The number of carboxylic acid groups (broad SMARTS) is 1. The van der Waals surface area contributed by atoms with E-state index < -0.39 is 11.8 Å². The number of ether oxygens (including phenoxy) is 2. The summed E-state index contributed by atoms with van der Waals surface area (Å²) in [5, 5.41) is 9.99. The van der Waals surface area contributed by atoms with E-state index in [1.165, 1.54) is 4.90 Å². The zero-order valence-corrected chi connectivity index (χ0v) is 13.1. The molecule has 116 valence electrons. The van der Waals surface area contributed by atoms with E-state index in [-0.39, 0.29) is 12.1 Å². The monoisotopic (exact) mass is 313 g/mol. The lowest BCUT2D eigenvalue weighted by Gasteiger charge is -2.31. The number of halogens is 1. The van der Waals surface area contributed by atoms with Crippen LogP contribution in [0.3, 0.4) is 0 Å². The second-order valence-electron chi connectivity index (χ2n) is 5.68. The minimum atomic E-state index is -0.971. The normalized spacial score (nSPS) is 22.1. The molecule has 5 nitrogen and oxygen atoms in total. The number of amides is 1. The average Bonchev–Trinajstić information content (AvgIpc) is 2.67. The van der Waals surface area contributed by atoms with Crippen molar-refractivity contribution in [1.29, 1.82) is 0 Å². The van der Waals surface area contributed by atoms with Crippen molar-refractivity contribution in [2.75, 3.05) is 6.61 Å².